The maximum atomic E-state index is 12.5. The molecule has 0 aliphatic heterocycles. The van der Waals surface area contributed by atoms with E-state index in [0.717, 1.165) is 0 Å². The minimum atomic E-state index is -0.339. The molecule has 2 aromatic rings. The van der Waals surface area contributed by atoms with Crippen molar-refractivity contribution in [2.24, 2.45) is 5.92 Å². The van der Waals surface area contributed by atoms with Crippen molar-refractivity contribution in [3.63, 3.8) is 0 Å². The Kier molecular flexibility index (Phi) is 7.50. The summed E-state index contributed by atoms with van der Waals surface area (Å²) in [5, 5.41) is 10.8. The second kappa shape index (κ2) is 9.62. The van der Waals surface area contributed by atoms with Gasteiger partial charge in [0, 0.05) is 24.8 Å². The van der Waals surface area contributed by atoms with Gasteiger partial charge in [0.25, 0.3) is 0 Å². The zero-order valence-corrected chi connectivity index (χ0v) is 16.6. The van der Waals surface area contributed by atoms with E-state index < -0.39 is 0 Å². The van der Waals surface area contributed by atoms with Crippen LogP contribution in [0, 0.1) is 12.8 Å². The maximum absolute atomic E-state index is 12.5. The van der Waals surface area contributed by atoms with Crippen LogP contribution in [-0.4, -0.2) is 31.9 Å². The van der Waals surface area contributed by atoms with Crippen molar-refractivity contribution in [2.45, 2.75) is 41.0 Å². The number of hydrogen-bond donors (Lipinski definition) is 1. The van der Waals surface area contributed by atoms with Crippen LogP contribution >= 0.6 is 0 Å². The van der Waals surface area contributed by atoms with Gasteiger partial charge in [0.15, 0.2) is 30.5 Å². The summed E-state index contributed by atoms with van der Waals surface area (Å²) >= 11 is 0. The third-order valence-corrected chi connectivity index (χ3v) is 3.87. The smallest absolute Gasteiger partial charge is 0.207 e. The number of rotatable bonds is 10. The molecule has 0 spiro atoms. The molecule has 1 heterocycles. The predicted octanol–water partition coefficient (Wildman–Crippen LogP) is 3.75. The summed E-state index contributed by atoms with van der Waals surface area (Å²) < 4.78 is 27.7. The largest absolute Gasteiger partial charge is 0.504 e. The van der Waals surface area contributed by atoms with E-state index >= 15 is 0 Å². The van der Waals surface area contributed by atoms with E-state index in [9.17, 15) is 9.90 Å². The minimum absolute atomic E-state index is 0.0203. The fraction of sp³-hybridized carbons (Fsp3) is 0.550. The van der Waals surface area contributed by atoms with Crippen molar-refractivity contribution >= 4 is 11.0 Å². The Labute approximate surface area is 158 Å². The van der Waals surface area contributed by atoms with Gasteiger partial charge >= 0.3 is 0 Å². The summed E-state index contributed by atoms with van der Waals surface area (Å²) in [4.78, 5) is 12.5. The molecular formula is C20H28O7. The van der Waals surface area contributed by atoms with Crippen LogP contribution in [0.4, 0.5) is 0 Å². The van der Waals surface area contributed by atoms with Crippen LogP contribution in [0.1, 0.15) is 39.0 Å². The highest BCUT2D eigenvalue weighted by atomic mass is 16.7. The standard InChI is InChI=1S/C20H28O7/c1-6-23-10-25-19-14(8-12(3)4)18-16(15(21)9-13(5)27-18)17(22)20(19)26-11-24-7-2/h9,12,22H,6-8,10-11H2,1-5H3. The number of benzene rings is 1. The first-order valence-electron chi connectivity index (χ1n) is 9.13. The maximum Gasteiger partial charge on any atom is 0.207 e. The van der Waals surface area contributed by atoms with Gasteiger partial charge in [0.2, 0.25) is 5.75 Å². The molecule has 0 unspecified atom stereocenters. The molecule has 0 aliphatic carbocycles. The molecule has 0 aliphatic rings. The zero-order chi connectivity index (χ0) is 20.0. The first kappa shape index (κ1) is 21.1. The average molecular weight is 380 g/mol. The molecule has 0 bridgehead atoms. The molecule has 0 atom stereocenters. The van der Waals surface area contributed by atoms with E-state index in [-0.39, 0.29) is 41.8 Å². The summed E-state index contributed by atoms with van der Waals surface area (Å²) in [5.41, 5.74) is 0.625. The predicted molar refractivity (Wildman–Crippen MR) is 102 cm³/mol. The van der Waals surface area contributed by atoms with Crippen LogP contribution in [0.25, 0.3) is 11.0 Å². The van der Waals surface area contributed by atoms with E-state index in [1.807, 2.05) is 27.7 Å². The van der Waals surface area contributed by atoms with Gasteiger partial charge in [-0.3, -0.25) is 4.79 Å². The molecule has 0 amide bonds. The van der Waals surface area contributed by atoms with E-state index in [1.165, 1.54) is 6.07 Å². The van der Waals surface area contributed by atoms with Crippen molar-refractivity contribution in [3.05, 3.63) is 27.6 Å². The molecule has 1 aromatic carbocycles. The van der Waals surface area contributed by atoms with Gasteiger partial charge in [-0.25, -0.2) is 0 Å². The summed E-state index contributed by atoms with van der Waals surface area (Å²) in [6.07, 6.45) is 0.565. The highest BCUT2D eigenvalue weighted by Gasteiger charge is 2.26. The molecule has 2 rings (SSSR count). The van der Waals surface area contributed by atoms with Crippen LogP contribution in [0.5, 0.6) is 17.2 Å². The fourth-order valence-electron chi connectivity index (χ4n) is 2.76. The molecular weight excluding hydrogens is 352 g/mol. The number of phenols is 1. The molecule has 0 radical (unpaired) electrons. The zero-order valence-electron chi connectivity index (χ0n) is 16.6. The van der Waals surface area contributed by atoms with Crippen molar-refractivity contribution in [1.29, 1.82) is 0 Å². The normalized spacial score (nSPS) is 11.3. The minimum Gasteiger partial charge on any atom is -0.504 e. The van der Waals surface area contributed by atoms with Gasteiger partial charge in [-0.05, 0) is 33.1 Å². The fourth-order valence-corrected chi connectivity index (χ4v) is 2.76. The molecule has 150 valence electrons. The third kappa shape index (κ3) is 4.93. The van der Waals surface area contributed by atoms with Gasteiger partial charge in [-0.15, -0.1) is 0 Å². The van der Waals surface area contributed by atoms with Gasteiger partial charge < -0.3 is 28.5 Å². The summed E-state index contributed by atoms with van der Waals surface area (Å²) in [6, 6.07) is 1.34. The van der Waals surface area contributed by atoms with E-state index in [1.54, 1.807) is 6.92 Å². The van der Waals surface area contributed by atoms with Crippen LogP contribution in [0.2, 0.25) is 0 Å². The van der Waals surface area contributed by atoms with E-state index in [4.69, 9.17) is 23.4 Å². The van der Waals surface area contributed by atoms with Gasteiger partial charge in [-0.1, -0.05) is 13.8 Å². The van der Waals surface area contributed by atoms with Crippen molar-refractivity contribution in [3.8, 4) is 17.2 Å². The molecule has 1 N–H and O–H groups in total. The lowest BCUT2D eigenvalue weighted by atomic mass is 9.98. The van der Waals surface area contributed by atoms with Crippen LogP contribution in [0.15, 0.2) is 15.3 Å². The second-order valence-corrected chi connectivity index (χ2v) is 6.52. The first-order chi connectivity index (χ1) is 12.9. The molecule has 1 aromatic heterocycles. The van der Waals surface area contributed by atoms with E-state index in [2.05, 4.69) is 0 Å². The molecule has 7 nitrogen and oxygen atoms in total. The lowest BCUT2D eigenvalue weighted by molar-refractivity contribution is 0.00456. The topological polar surface area (TPSA) is 87.4 Å². The molecule has 7 heteroatoms. The highest BCUT2D eigenvalue weighted by Crippen LogP contribution is 2.46. The Balaban J connectivity index is 2.74. The monoisotopic (exact) mass is 380 g/mol. The highest BCUT2D eigenvalue weighted by molar-refractivity contribution is 5.92. The summed E-state index contributed by atoms with van der Waals surface area (Å²) in [5.74, 6) is 0.740. The van der Waals surface area contributed by atoms with Crippen LogP contribution in [-0.2, 0) is 15.9 Å². The van der Waals surface area contributed by atoms with Crippen LogP contribution < -0.4 is 14.9 Å². The van der Waals surface area contributed by atoms with E-state index in [0.29, 0.717) is 42.3 Å². The quantitative estimate of drug-likeness (QED) is 0.496. The van der Waals surface area contributed by atoms with Gasteiger partial charge in [-0.2, -0.15) is 0 Å². The lowest BCUT2D eigenvalue weighted by Gasteiger charge is -2.20. The number of aryl methyl sites for hydroxylation is 1. The van der Waals surface area contributed by atoms with Crippen molar-refractivity contribution in [1.82, 2.24) is 0 Å². The van der Waals surface area contributed by atoms with Gasteiger partial charge in [0.05, 0.1) is 0 Å². The number of phenolic OH excluding ortho intramolecular Hbond substituents is 1. The third-order valence-electron chi connectivity index (χ3n) is 3.87. The number of fused-ring (bicyclic) bond motifs is 1. The Morgan fingerprint density at radius 1 is 1.07 bits per heavy atom. The molecule has 0 fully saturated rings. The van der Waals surface area contributed by atoms with Gasteiger partial charge in [0.1, 0.15) is 16.7 Å². The molecule has 0 saturated heterocycles. The molecule has 27 heavy (non-hydrogen) atoms. The Hall–Kier alpha value is -2.25. The average Bonchev–Trinajstić information content (AvgIpc) is 2.59. The lowest BCUT2D eigenvalue weighted by Crippen LogP contribution is -2.12. The Morgan fingerprint density at radius 3 is 2.22 bits per heavy atom. The SMILES string of the molecule is CCOCOc1c(OCOCC)c(O)c2c(=O)cc(C)oc2c1CC(C)C. The Bertz CT molecular complexity index is 823. The number of hydrogen-bond acceptors (Lipinski definition) is 7. The molecule has 0 saturated carbocycles. The number of aromatic hydroxyl groups is 1. The van der Waals surface area contributed by atoms with Crippen LogP contribution in [0.3, 0.4) is 0 Å². The van der Waals surface area contributed by atoms with Crippen molar-refractivity contribution in [2.75, 3.05) is 26.8 Å². The second-order valence-electron chi connectivity index (χ2n) is 6.52. The Morgan fingerprint density at radius 2 is 1.67 bits per heavy atom. The summed E-state index contributed by atoms with van der Waals surface area (Å²) in [6.45, 7) is 10.3. The summed E-state index contributed by atoms with van der Waals surface area (Å²) in [7, 11) is 0. The van der Waals surface area contributed by atoms with Crippen molar-refractivity contribution < 1.29 is 28.5 Å². The first-order valence-corrected chi connectivity index (χ1v) is 9.13. The number of ether oxygens (including phenoxy) is 4.